The van der Waals surface area contributed by atoms with Crippen molar-refractivity contribution in [3.63, 3.8) is 0 Å². The van der Waals surface area contributed by atoms with Gasteiger partial charge in [0.05, 0.1) is 11.2 Å². The van der Waals surface area contributed by atoms with Gasteiger partial charge in [0.1, 0.15) is 12.4 Å². The minimum atomic E-state index is -0.969. The minimum Gasteiger partial charge on any atom is -0.492 e. The predicted molar refractivity (Wildman–Crippen MR) is 81.8 cm³/mol. The SMILES string of the molecule is CC(C)CC(C)(O)CNCCOc1cccc(C(=O)O)c1. The Kier molecular flexibility index (Phi) is 6.65. The molecule has 0 radical (unpaired) electrons. The van der Waals surface area contributed by atoms with E-state index in [1.54, 1.807) is 12.1 Å². The third kappa shape index (κ3) is 7.11. The van der Waals surface area contributed by atoms with Crippen molar-refractivity contribution in [2.24, 2.45) is 5.92 Å². The molecule has 21 heavy (non-hydrogen) atoms. The van der Waals surface area contributed by atoms with Crippen molar-refractivity contribution >= 4 is 5.97 Å². The van der Waals surface area contributed by atoms with Crippen molar-refractivity contribution in [1.82, 2.24) is 5.32 Å². The highest BCUT2D eigenvalue weighted by atomic mass is 16.5. The standard InChI is InChI=1S/C16H25NO4/c1-12(2)10-16(3,20)11-17-7-8-21-14-6-4-5-13(9-14)15(18)19/h4-6,9,12,17,20H,7-8,10-11H2,1-3H3,(H,18,19). The van der Waals surface area contributed by atoms with Crippen LogP contribution in [0.15, 0.2) is 24.3 Å². The first kappa shape index (κ1) is 17.5. The van der Waals surface area contributed by atoms with E-state index in [1.165, 1.54) is 12.1 Å². The van der Waals surface area contributed by atoms with Crippen LogP contribution in [0.2, 0.25) is 0 Å². The Labute approximate surface area is 125 Å². The lowest BCUT2D eigenvalue weighted by Gasteiger charge is -2.25. The predicted octanol–water partition coefficient (Wildman–Crippen LogP) is 2.15. The molecule has 0 bridgehead atoms. The number of nitrogens with one attached hydrogen (secondary N) is 1. The van der Waals surface area contributed by atoms with Gasteiger partial charge in [0.2, 0.25) is 0 Å². The summed E-state index contributed by atoms with van der Waals surface area (Å²) in [5.41, 5.74) is -0.516. The number of carbonyl (C=O) groups is 1. The largest absolute Gasteiger partial charge is 0.492 e. The number of ether oxygens (including phenoxy) is 1. The maximum absolute atomic E-state index is 10.8. The summed E-state index contributed by atoms with van der Waals surface area (Å²) in [5, 5.41) is 22.2. The fourth-order valence-corrected chi connectivity index (χ4v) is 2.27. The fourth-order valence-electron chi connectivity index (χ4n) is 2.27. The van der Waals surface area contributed by atoms with E-state index in [2.05, 4.69) is 19.2 Å². The van der Waals surface area contributed by atoms with Crippen molar-refractivity contribution in [2.45, 2.75) is 32.8 Å². The van der Waals surface area contributed by atoms with E-state index >= 15 is 0 Å². The number of rotatable bonds is 9. The topological polar surface area (TPSA) is 78.8 Å². The zero-order chi connectivity index (χ0) is 15.9. The third-order valence-electron chi connectivity index (χ3n) is 2.98. The molecule has 0 amide bonds. The molecule has 1 rings (SSSR count). The molecule has 0 saturated carbocycles. The highest BCUT2D eigenvalue weighted by Gasteiger charge is 2.20. The summed E-state index contributed by atoms with van der Waals surface area (Å²) >= 11 is 0. The van der Waals surface area contributed by atoms with Crippen molar-refractivity contribution < 1.29 is 19.7 Å². The summed E-state index contributed by atoms with van der Waals surface area (Å²) in [5.74, 6) is 0.00533. The molecule has 0 aliphatic heterocycles. The normalized spacial score (nSPS) is 14.0. The molecule has 1 aromatic carbocycles. The fraction of sp³-hybridized carbons (Fsp3) is 0.562. The van der Waals surface area contributed by atoms with Crippen LogP contribution in [0.4, 0.5) is 0 Å². The van der Waals surface area contributed by atoms with Gasteiger partial charge in [0.25, 0.3) is 0 Å². The molecule has 1 atom stereocenters. The van der Waals surface area contributed by atoms with Crippen molar-refractivity contribution in [3.8, 4) is 5.75 Å². The Morgan fingerprint density at radius 2 is 2.14 bits per heavy atom. The van der Waals surface area contributed by atoms with Crippen LogP contribution in [0.5, 0.6) is 5.75 Å². The van der Waals surface area contributed by atoms with Gasteiger partial charge >= 0.3 is 5.97 Å². The zero-order valence-electron chi connectivity index (χ0n) is 12.9. The van der Waals surface area contributed by atoms with Crippen LogP contribution in [0.25, 0.3) is 0 Å². The molecule has 0 saturated heterocycles. The van der Waals surface area contributed by atoms with Gasteiger partial charge in [-0.2, -0.15) is 0 Å². The van der Waals surface area contributed by atoms with Gasteiger partial charge in [0, 0.05) is 13.1 Å². The van der Waals surface area contributed by atoms with Gasteiger partial charge in [-0.3, -0.25) is 0 Å². The Morgan fingerprint density at radius 1 is 1.43 bits per heavy atom. The van der Waals surface area contributed by atoms with E-state index in [0.29, 0.717) is 31.4 Å². The number of carboxylic acid groups (broad SMARTS) is 1. The summed E-state index contributed by atoms with van der Waals surface area (Å²) in [6, 6.07) is 6.40. The molecule has 0 aromatic heterocycles. The van der Waals surface area contributed by atoms with Crippen LogP contribution in [0, 0.1) is 5.92 Å². The summed E-state index contributed by atoms with van der Waals surface area (Å²) in [4.78, 5) is 10.8. The molecule has 0 aliphatic rings. The Bertz CT molecular complexity index is 457. The molecule has 3 N–H and O–H groups in total. The molecule has 5 heteroatoms. The van der Waals surface area contributed by atoms with Crippen molar-refractivity contribution in [3.05, 3.63) is 29.8 Å². The average molecular weight is 295 g/mol. The minimum absolute atomic E-state index is 0.209. The summed E-state index contributed by atoms with van der Waals surface area (Å²) in [6.45, 7) is 7.48. The van der Waals surface area contributed by atoms with Crippen molar-refractivity contribution in [2.75, 3.05) is 19.7 Å². The molecular formula is C16H25NO4. The van der Waals surface area contributed by atoms with Gasteiger partial charge in [-0.05, 0) is 37.5 Å². The quantitative estimate of drug-likeness (QED) is 0.608. The van der Waals surface area contributed by atoms with Crippen LogP contribution >= 0.6 is 0 Å². The first-order chi connectivity index (χ1) is 9.80. The molecule has 118 valence electrons. The second-order valence-corrected chi connectivity index (χ2v) is 5.95. The Hall–Kier alpha value is -1.59. The molecule has 5 nitrogen and oxygen atoms in total. The van der Waals surface area contributed by atoms with E-state index < -0.39 is 11.6 Å². The average Bonchev–Trinajstić information content (AvgIpc) is 2.37. The van der Waals surface area contributed by atoms with Crippen LogP contribution in [-0.4, -0.2) is 41.5 Å². The van der Waals surface area contributed by atoms with E-state index in [-0.39, 0.29) is 5.56 Å². The molecule has 0 aliphatic carbocycles. The molecule has 0 fully saturated rings. The summed E-state index contributed by atoms with van der Waals surface area (Å²) < 4.78 is 5.49. The number of hydrogen-bond acceptors (Lipinski definition) is 4. The maximum Gasteiger partial charge on any atom is 0.335 e. The monoisotopic (exact) mass is 295 g/mol. The number of aromatic carboxylic acids is 1. The smallest absolute Gasteiger partial charge is 0.335 e. The Morgan fingerprint density at radius 3 is 2.76 bits per heavy atom. The highest BCUT2D eigenvalue weighted by molar-refractivity contribution is 5.87. The van der Waals surface area contributed by atoms with Crippen LogP contribution in [0.3, 0.4) is 0 Å². The van der Waals surface area contributed by atoms with Gasteiger partial charge in [0.15, 0.2) is 0 Å². The van der Waals surface area contributed by atoms with Gasteiger partial charge in [-0.15, -0.1) is 0 Å². The van der Waals surface area contributed by atoms with E-state index in [4.69, 9.17) is 9.84 Å². The number of aliphatic hydroxyl groups is 1. The maximum atomic E-state index is 10.8. The number of carboxylic acids is 1. The molecule has 0 spiro atoms. The summed E-state index contributed by atoms with van der Waals surface area (Å²) in [6.07, 6.45) is 0.738. The second-order valence-electron chi connectivity index (χ2n) is 5.95. The van der Waals surface area contributed by atoms with Crippen LogP contribution in [0.1, 0.15) is 37.6 Å². The second kappa shape index (κ2) is 8.00. The highest BCUT2D eigenvalue weighted by Crippen LogP contribution is 2.15. The van der Waals surface area contributed by atoms with Gasteiger partial charge in [-0.25, -0.2) is 4.79 Å². The van der Waals surface area contributed by atoms with E-state index in [0.717, 1.165) is 6.42 Å². The molecule has 1 unspecified atom stereocenters. The molecular weight excluding hydrogens is 270 g/mol. The number of hydrogen-bond donors (Lipinski definition) is 3. The first-order valence-electron chi connectivity index (χ1n) is 7.19. The van der Waals surface area contributed by atoms with Crippen LogP contribution < -0.4 is 10.1 Å². The third-order valence-corrected chi connectivity index (χ3v) is 2.98. The van der Waals surface area contributed by atoms with E-state index in [1.807, 2.05) is 6.92 Å². The van der Waals surface area contributed by atoms with Crippen molar-refractivity contribution in [1.29, 1.82) is 0 Å². The molecule has 0 heterocycles. The van der Waals surface area contributed by atoms with Gasteiger partial charge in [-0.1, -0.05) is 19.9 Å². The number of benzene rings is 1. The first-order valence-corrected chi connectivity index (χ1v) is 7.19. The zero-order valence-corrected chi connectivity index (χ0v) is 12.9. The van der Waals surface area contributed by atoms with E-state index in [9.17, 15) is 9.90 Å². The molecule has 1 aromatic rings. The van der Waals surface area contributed by atoms with Crippen LogP contribution in [-0.2, 0) is 0 Å². The lowest BCUT2D eigenvalue weighted by molar-refractivity contribution is 0.0380. The lowest BCUT2D eigenvalue weighted by atomic mass is 9.94. The van der Waals surface area contributed by atoms with Gasteiger partial charge < -0.3 is 20.3 Å². The summed E-state index contributed by atoms with van der Waals surface area (Å²) in [7, 11) is 0. The Balaban J connectivity index is 2.28. The lowest BCUT2D eigenvalue weighted by Crippen LogP contribution is -2.40.